The Balaban J connectivity index is 2.95. The summed E-state index contributed by atoms with van der Waals surface area (Å²) >= 11 is 1.60. The topological polar surface area (TPSA) is 43.1 Å². The Bertz CT molecular complexity index is 451. The van der Waals surface area contributed by atoms with Crippen LogP contribution >= 0.6 is 11.8 Å². The second-order valence-electron chi connectivity index (χ2n) is 6.19. The lowest BCUT2D eigenvalue weighted by atomic mass is 9.84. The van der Waals surface area contributed by atoms with Crippen molar-refractivity contribution in [1.82, 2.24) is 0 Å². The summed E-state index contributed by atoms with van der Waals surface area (Å²) in [6, 6.07) is 4.52. The van der Waals surface area contributed by atoms with E-state index in [0.29, 0.717) is 0 Å². The first-order valence-electron chi connectivity index (χ1n) is 6.64. The van der Waals surface area contributed by atoms with E-state index in [0.717, 1.165) is 5.75 Å². The summed E-state index contributed by atoms with van der Waals surface area (Å²) < 4.78 is 0. The number of carbonyl (C=O) groups is 1. The maximum absolute atomic E-state index is 11.1. The quantitative estimate of drug-likeness (QED) is 0.913. The van der Waals surface area contributed by atoms with Gasteiger partial charge < -0.3 is 5.73 Å². The van der Waals surface area contributed by atoms with Gasteiger partial charge in [0.25, 0.3) is 0 Å². The number of hydrogen-bond donors (Lipinski definition) is 1. The van der Waals surface area contributed by atoms with Crippen LogP contribution in [0.15, 0.2) is 12.1 Å². The maximum Gasteiger partial charge on any atom is 0.230 e. The van der Waals surface area contributed by atoms with Gasteiger partial charge in [-0.05, 0) is 48.4 Å². The summed E-state index contributed by atoms with van der Waals surface area (Å²) in [7, 11) is 0. The molecule has 0 heterocycles. The van der Waals surface area contributed by atoms with Crippen LogP contribution in [0.2, 0.25) is 0 Å². The fourth-order valence-corrected chi connectivity index (χ4v) is 2.98. The number of aryl methyl sites for hydroxylation is 2. The molecule has 0 spiro atoms. The van der Waals surface area contributed by atoms with Crippen LogP contribution in [0, 0.1) is 13.8 Å². The summed E-state index contributed by atoms with van der Waals surface area (Å²) in [6.07, 6.45) is 0. The molecule has 0 radical (unpaired) electrons. The maximum atomic E-state index is 11.1. The van der Waals surface area contributed by atoms with Gasteiger partial charge in [0.05, 0.1) is 5.25 Å². The van der Waals surface area contributed by atoms with Gasteiger partial charge in [0.15, 0.2) is 0 Å². The van der Waals surface area contributed by atoms with Crippen molar-refractivity contribution in [2.45, 2.75) is 58.0 Å². The highest BCUT2D eigenvalue weighted by Crippen LogP contribution is 2.29. The van der Waals surface area contributed by atoms with E-state index in [1.807, 2.05) is 6.92 Å². The minimum atomic E-state index is -0.244. The molecule has 2 nitrogen and oxygen atoms in total. The van der Waals surface area contributed by atoms with Gasteiger partial charge in [-0.3, -0.25) is 4.79 Å². The van der Waals surface area contributed by atoms with Crippen molar-refractivity contribution >= 4 is 17.7 Å². The summed E-state index contributed by atoms with van der Waals surface area (Å²) in [6.45, 7) is 12.8. The van der Waals surface area contributed by atoms with E-state index in [-0.39, 0.29) is 16.6 Å². The van der Waals surface area contributed by atoms with Gasteiger partial charge in [-0.1, -0.05) is 32.9 Å². The molecule has 1 aromatic rings. The Morgan fingerprint density at radius 1 is 1.26 bits per heavy atom. The number of nitrogens with two attached hydrogens (primary N) is 1. The molecule has 0 aliphatic carbocycles. The number of hydrogen-bond acceptors (Lipinski definition) is 2. The molecule has 1 amide bonds. The zero-order valence-electron chi connectivity index (χ0n) is 12.8. The highest BCUT2D eigenvalue weighted by atomic mass is 32.2. The van der Waals surface area contributed by atoms with Crippen LogP contribution < -0.4 is 5.73 Å². The molecular weight excluding hydrogens is 254 g/mol. The number of benzene rings is 1. The number of carbonyl (C=O) groups excluding carboxylic acids is 1. The van der Waals surface area contributed by atoms with Gasteiger partial charge in [0.2, 0.25) is 5.91 Å². The van der Waals surface area contributed by atoms with E-state index in [1.54, 1.807) is 11.8 Å². The molecule has 0 saturated heterocycles. The Morgan fingerprint density at radius 3 is 2.11 bits per heavy atom. The lowest BCUT2D eigenvalue weighted by molar-refractivity contribution is -0.117. The Hall–Kier alpha value is -0.960. The van der Waals surface area contributed by atoms with E-state index in [9.17, 15) is 4.79 Å². The van der Waals surface area contributed by atoms with Gasteiger partial charge in [-0.25, -0.2) is 0 Å². The zero-order valence-corrected chi connectivity index (χ0v) is 13.6. The average Bonchev–Trinajstić information content (AvgIpc) is 2.25. The van der Waals surface area contributed by atoms with E-state index < -0.39 is 0 Å². The third-order valence-corrected chi connectivity index (χ3v) is 4.63. The summed E-state index contributed by atoms with van der Waals surface area (Å²) in [4.78, 5) is 11.1. The molecule has 0 fully saturated rings. The van der Waals surface area contributed by atoms with Crippen molar-refractivity contribution in [3.63, 3.8) is 0 Å². The van der Waals surface area contributed by atoms with Crippen LogP contribution in [0.5, 0.6) is 0 Å². The van der Waals surface area contributed by atoms with E-state index in [4.69, 9.17) is 5.73 Å². The first kappa shape index (κ1) is 16.1. The Morgan fingerprint density at radius 2 is 1.74 bits per heavy atom. The fraction of sp³-hybridized carbons (Fsp3) is 0.562. The predicted molar refractivity (Wildman–Crippen MR) is 84.6 cm³/mol. The van der Waals surface area contributed by atoms with E-state index in [1.165, 1.54) is 22.3 Å². The second kappa shape index (κ2) is 6.00. The van der Waals surface area contributed by atoms with E-state index >= 15 is 0 Å². The SMILES string of the molecule is Cc1cc(C(C)(C)C)cc(C)c1CSC(C)C(N)=O. The summed E-state index contributed by atoms with van der Waals surface area (Å²) in [5.74, 6) is 0.596. The molecule has 0 bridgehead atoms. The second-order valence-corrected chi connectivity index (χ2v) is 7.52. The third-order valence-electron chi connectivity index (χ3n) is 3.44. The van der Waals surface area contributed by atoms with Crippen LogP contribution in [0.1, 0.15) is 49.9 Å². The van der Waals surface area contributed by atoms with Gasteiger partial charge >= 0.3 is 0 Å². The van der Waals surface area contributed by atoms with Crippen molar-refractivity contribution < 1.29 is 4.79 Å². The molecule has 0 aliphatic heterocycles. The molecule has 1 atom stereocenters. The van der Waals surface area contributed by atoms with Crippen molar-refractivity contribution in [2.75, 3.05) is 0 Å². The highest BCUT2D eigenvalue weighted by Gasteiger charge is 2.17. The molecule has 2 N–H and O–H groups in total. The minimum absolute atomic E-state index is 0.138. The third kappa shape index (κ3) is 4.27. The van der Waals surface area contributed by atoms with Crippen LogP contribution in [-0.2, 0) is 16.0 Å². The summed E-state index contributed by atoms with van der Waals surface area (Å²) in [5, 5.41) is -0.138. The molecule has 3 heteroatoms. The minimum Gasteiger partial charge on any atom is -0.369 e. The first-order chi connectivity index (χ1) is 8.62. The van der Waals surface area contributed by atoms with Gasteiger partial charge in [0.1, 0.15) is 0 Å². The molecular formula is C16H25NOS. The molecule has 0 aromatic heterocycles. The largest absolute Gasteiger partial charge is 0.369 e. The van der Waals surface area contributed by atoms with E-state index in [2.05, 4.69) is 46.8 Å². The number of rotatable bonds is 4. The number of amides is 1. The van der Waals surface area contributed by atoms with Gasteiger partial charge in [0, 0.05) is 5.75 Å². The van der Waals surface area contributed by atoms with Crippen LogP contribution in [0.3, 0.4) is 0 Å². The first-order valence-corrected chi connectivity index (χ1v) is 7.69. The van der Waals surface area contributed by atoms with Crippen molar-refractivity contribution in [1.29, 1.82) is 0 Å². The predicted octanol–water partition coefficient (Wildman–Crippen LogP) is 3.71. The van der Waals surface area contributed by atoms with Crippen molar-refractivity contribution in [3.8, 4) is 0 Å². The van der Waals surface area contributed by atoms with Crippen LogP contribution in [0.4, 0.5) is 0 Å². The Labute approximate surface area is 121 Å². The number of primary amides is 1. The normalized spacial score (nSPS) is 13.4. The summed E-state index contributed by atoms with van der Waals surface area (Å²) in [5.41, 5.74) is 10.8. The van der Waals surface area contributed by atoms with Crippen LogP contribution in [-0.4, -0.2) is 11.2 Å². The lowest BCUT2D eigenvalue weighted by Crippen LogP contribution is -2.22. The Kier molecular flexibility index (Phi) is 5.08. The molecule has 19 heavy (non-hydrogen) atoms. The monoisotopic (exact) mass is 279 g/mol. The van der Waals surface area contributed by atoms with Gasteiger partial charge in [-0.2, -0.15) is 0 Å². The average molecular weight is 279 g/mol. The molecule has 1 rings (SSSR count). The smallest absolute Gasteiger partial charge is 0.230 e. The van der Waals surface area contributed by atoms with Gasteiger partial charge in [-0.15, -0.1) is 11.8 Å². The highest BCUT2D eigenvalue weighted by molar-refractivity contribution is 7.99. The fourth-order valence-electron chi connectivity index (χ4n) is 1.94. The number of thioether (sulfide) groups is 1. The molecule has 106 valence electrons. The molecule has 0 aliphatic rings. The zero-order chi connectivity index (χ0) is 14.8. The lowest BCUT2D eigenvalue weighted by Gasteiger charge is -2.22. The molecule has 1 aromatic carbocycles. The molecule has 0 saturated carbocycles. The molecule has 1 unspecified atom stereocenters. The standard InChI is InChI=1S/C16H25NOS/c1-10-7-13(16(4,5)6)8-11(2)14(10)9-19-12(3)15(17)18/h7-8,12H,9H2,1-6H3,(H2,17,18). The van der Waals surface area contributed by atoms with Crippen molar-refractivity contribution in [3.05, 3.63) is 34.4 Å². The van der Waals surface area contributed by atoms with Crippen LogP contribution in [0.25, 0.3) is 0 Å². The van der Waals surface area contributed by atoms with Crippen molar-refractivity contribution in [2.24, 2.45) is 5.73 Å².